The Hall–Kier alpha value is -4.44. The van der Waals surface area contributed by atoms with E-state index in [1.54, 1.807) is 49.6 Å². The van der Waals surface area contributed by atoms with Gasteiger partial charge in [-0.25, -0.2) is 4.79 Å². The number of allylic oxidation sites excluding steroid dienone is 1. The van der Waals surface area contributed by atoms with E-state index in [2.05, 4.69) is 6.07 Å². The zero-order chi connectivity index (χ0) is 24.1. The van der Waals surface area contributed by atoms with Crippen LogP contribution in [0, 0.1) is 11.3 Å². The van der Waals surface area contributed by atoms with Crippen LogP contribution in [0.3, 0.4) is 0 Å². The van der Waals surface area contributed by atoms with Crippen LogP contribution in [0.2, 0.25) is 0 Å². The third kappa shape index (κ3) is 4.52. The first-order valence-electron chi connectivity index (χ1n) is 10.8. The van der Waals surface area contributed by atoms with Crippen molar-refractivity contribution in [2.24, 2.45) is 5.73 Å². The number of nitrogens with zero attached hydrogens (tertiary/aromatic N) is 1. The summed E-state index contributed by atoms with van der Waals surface area (Å²) >= 11 is 0. The first-order valence-corrected chi connectivity index (χ1v) is 10.8. The number of hydrogen-bond acceptors (Lipinski definition) is 7. The molecule has 3 aromatic rings. The van der Waals surface area contributed by atoms with Crippen molar-refractivity contribution >= 4 is 5.97 Å². The molecule has 2 N–H and O–H groups in total. The maximum absolute atomic E-state index is 12.8. The van der Waals surface area contributed by atoms with Crippen molar-refractivity contribution in [3.8, 4) is 29.1 Å². The van der Waals surface area contributed by atoms with E-state index < -0.39 is 11.9 Å². The molecule has 0 spiro atoms. The summed E-state index contributed by atoms with van der Waals surface area (Å²) in [5, 5.41) is 9.73. The molecule has 7 heteroatoms. The Kier molecular flexibility index (Phi) is 6.69. The highest BCUT2D eigenvalue weighted by Gasteiger charge is 2.31. The van der Waals surface area contributed by atoms with E-state index in [4.69, 9.17) is 24.7 Å². The standard InChI is InChI=1S/C27H24N2O5/c1-3-14-32-23-7-5-4-6-21(23)27(30)33-19-12-13-20-24(15-19)34-26(29)22(16-28)25(20)17-8-10-18(31-2)11-9-17/h4-13,15,25H,3,14,29H2,1-2H3. The quantitative estimate of drug-likeness (QED) is 0.397. The van der Waals surface area contributed by atoms with Gasteiger partial charge in [0, 0.05) is 11.6 Å². The summed E-state index contributed by atoms with van der Waals surface area (Å²) < 4.78 is 22.2. The highest BCUT2D eigenvalue weighted by atomic mass is 16.5. The van der Waals surface area contributed by atoms with Gasteiger partial charge in [-0.15, -0.1) is 0 Å². The van der Waals surface area contributed by atoms with E-state index in [1.807, 2.05) is 31.2 Å². The fourth-order valence-electron chi connectivity index (χ4n) is 3.77. The minimum absolute atomic E-state index is 0.0117. The second kappa shape index (κ2) is 10.0. The van der Waals surface area contributed by atoms with Gasteiger partial charge in [0.25, 0.3) is 0 Å². The number of fused-ring (bicyclic) bond motifs is 1. The van der Waals surface area contributed by atoms with E-state index >= 15 is 0 Å². The molecule has 1 atom stereocenters. The molecule has 1 heterocycles. The van der Waals surface area contributed by atoms with Crippen LogP contribution in [0.1, 0.15) is 40.7 Å². The van der Waals surface area contributed by atoms with E-state index in [1.165, 1.54) is 0 Å². The monoisotopic (exact) mass is 456 g/mol. The molecule has 1 aliphatic heterocycles. The molecule has 3 aromatic carbocycles. The van der Waals surface area contributed by atoms with Gasteiger partial charge in [-0.3, -0.25) is 0 Å². The molecule has 0 saturated heterocycles. The number of benzene rings is 3. The van der Waals surface area contributed by atoms with Crippen LogP contribution in [0.5, 0.6) is 23.0 Å². The fraction of sp³-hybridized carbons (Fsp3) is 0.185. The fourth-order valence-corrected chi connectivity index (χ4v) is 3.77. The number of nitriles is 1. The van der Waals surface area contributed by atoms with Crippen LogP contribution >= 0.6 is 0 Å². The molecule has 1 unspecified atom stereocenters. The van der Waals surface area contributed by atoms with Gasteiger partial charge in [-0.2, -0.15) is 5.26 Å². The van der Waals surface area contributed by atoms with Crippen LogP contribution in [0.15, 0.2) is 78.2 Å². The number of methoxy groups -OCH3 is 1. The highest BCUT2D eigenvalue weighted by molar-refractivity contribution is 5.94. The number of para-hydroxylation sites is 1. The maximum Gasteiger partial charge on any atom is 0.347 e. The van der Waals surface area contributed by atoms with Gasteiger partial charge in [-0.05, 0) is 42.3 Å². The molecule has 0 fully saturated rings. The third-order valence-corrected chi connectivity index (χ3v) is 5.42. The minimum atomic E-state index is -0.546. The molecule has 1 aliphatic rings. The van der Waals surface area contributed by atoms with Crippen LogP contribution in [-0.4, -0.2) is 19.7 Å². The number of carbonyl (C=O) groups is 1. The number of esters is 1. The normalized spacial score (nSPS) is 14.4. The van der Waals surface area contributed by atoms with Gasteiger partial charge in [0.2, 0.25) is 5.88 Å². The van der Waals surface area contributed by atoms with Gasteiger partial charge in [0.05, 0.1) is 19.6 Å². The molecular formula is C27H24N2O5. The summed E-state index contributed by atoms with van der Waals surface area (Å²) in [5.41, 5.74) is 8.32. The lowest BCUT2D eigenvalue weighted by Gasteiger charge is -2.26. The van der Waals surface area contributed by atoms with Gasteiger partial charge in [-0.1, -0.05) is 37.3 Å². The van der Waals surface area contributed by atoms with Crippen molar-refractivity contribution in [3.63, 3.8) is 0 Å². The Balaban J connectivity index is 1.64. The summed E-state index contributed by atoms with van der Waals surface area (Å²) in [5.74, 6) is 0.917. The van der Waals surface area contributed by atoms with E-state index in [-0.39, 0.29) is 11.6 Å². The average molecular weight is 456 g/mol. The molecular weight excluding hydrogens is 432 g/mol. The molecule has 172 valence electrons. The molecule has 0 aromatic heterocycles. The van der Waals surface area contributed by atoms with Crippen molar-refractivity contribution < 1.29 is 23.7 Å². The lowest BCUT2D eigenvalue weighted by molar-refractivity contribution is 0.0730. The summed E-state index contributed by atoms with van der Waals surface area (Å²) in [6.07, 6.45) is 0.820. The third-order valence-electron chi connectivity index (χ3n) is 5.42. The highest BCUT2D eigenvalue weighted by Crippen LogP contribution is 2.43. The van der Waals surface area contributed by atoms with Gasteiger partial charge < -0.3 is 24.7 Å². The SMILES string of the molecule is CCCOc1ccccc1C(=O)Oc1ccc2c(c1)OC(N)=C(C#N)C2c1ccc(OC)cc1. The van der Waals surface area contributed by atoms with Crippen molar-refractivity contribution in [2.45, 2.75) is 19.3 Å². The molecule has 0 saturated carbocycles. The van der Waals surface area contributed by atoms with Crippen molar-refractivity contribution in [1.29, 1.82) is 5.26 Å². The second-order valence-electron chi connectivity index (χ2n) is 7.63. The molecule has 7 nitrogen and oxygen atoms in total. The van der Waals surface area contributed by atoms with E-state index in [9.17, 15) is 10.1 Å². The van der Waals surface area contributed by atoms with Crippen molar-refractivity contribution in [2.75, 3.05) is 13.7 Å². The molecule has 4 rings (SSSR count). The smallest absolute Gasteiger partial charge is 0.347 e. The predicted molar refractivity (Wildman–Crippen MR) is 126 cm³/mol. The number of ether oxygens (including phenoxy) is 4. The number of hydrogen-bond donors (Lipinski definition) is 1. The Bertz CT molecular complexity index is 1270. The Morgan fingerprint density at radius 1 is 1.09 bits per heavy atom. The van der Waals surface area contributed by atoms with Gasteiger partial charge in [0.15, 0.2) is 0 Å². The number of rotatable bonds is 7. The second-order valence-corrected chi connectivity index (χ2v) is 7.63. The lowest BCUT2D eigenvalue weighted by Crippen LogP contribution is -2.21. The van der Waals surface area contributed by atoms with E-state index in [0.717, 1.165) is 17.5 Å². The van der Waals surface area contributed by atoms with Gasteiger partial charge in [0.1, 0.15) is 40.2 Å². The Morgan fingerprint density at radius 2 is 1.82 bits per heavy atom. The van der Waals surface area contributed by atoms with Crippen LogP contribution in [0.4, 0.5) is 0 Å². The Labute approximate surface area is 197 Å². The lowest BCUT2D eigenvalue weighted by atomic mass is 9.83. The topological polar surface area (TPSA) is 104 Å². The number of carbonyl (C=O) groups excluding carboxylic acids is 1. The molecule has 0 amide bonds. The molecule has 34 heavy (non-hydrogen) atoms. The van der Waals surface area contributed by atoms with E-state index in [0.29, 0.717) is 35.0 Å². The number of nitrogens with two attached hydrogens (primary N) is 1. The first kappa shape index (κ1) is 22.7. The van der Waals surface area contributed by atoms with Crippen molar-refractivity contribution in [1.82, 2.24) is 0 Å². The predicted octanol–water partition coefficient (Wildman–Crippen LogP) is 4.92. The summed E-state index contributed by atoms with van der Waals surface area (Å²) in [6.45, 7) is 2.49. The zero-order valence-corrected chi connectivity index (χ0v) is 18.9. The summed E-state index contributed by atoms with van der Waals surface area (Å²) in [7, 11) is 1.59. The largest absolute Gasteiger partial charge is 0.497 e. The summed E-state index contributed by atoms with van der Waals surface area (Å²) in [6, 6.07) is 21.5. The average Bonchev–Trinajstić information content (AvgIpc) is 2.86. The zero-order valence-electron chi connectivity index (χ0n) is 18.9. The van der Waals surface area contributed by atoms with Crippen LogP contribution in [0.25, 0.3) is 0 Å². The van der Waals surface area contributed by atoms with Crippen molar-refractivity contribution in [3.05, 3.63) is 94.9 Å². The summed E-state index contributed by atoms with van der Waals surface area (Å²) in [4.78, 5) is 12.8. The Morgan fingerprint density at radius 3 is 2.53 bits per heavy atom. The molecule has 0 aliphatic carbocycles. The first-order chi connectivity index (χ1) is 16.5. The minimum Gasteiger partial charge on any atom is -0.497 e. The molecule has 0 radical (unpaired) electrons. The maximum atomic E-state index is 12.8. The van der Waals surface area contributed by atoms with Crippen LogP contribution in [-0.2, 0) is 0 Å². The molecule has 0 bridgehead atoms. The van der Waals surface area contributed by atoms with Gasteiger partial charge >= 0.3 is 5.97 Å². The van der Waals surface area contributed by atoms with Crippen LogP contribution < -0.4 is 24.7 Å².